The number of hydrogen-bond acceptors (Lipinski definition) is 4. The quantitative estimate of drug-likeness (QED) is 0.809. The second kappa shape index (κ2) is 7.40. The molecular weight excluding hydrogens is 383 g/mol. The summed E-state index contributed by atoms with van der Waals surface area (Å²) in [6.45, 7) is 2.39. The fourth-order valence-electron chi connectivity index (χ4n) is 3.11. The van der Waals surface area contributed by atoms with Crippen molar-refractivity contribution in [3.8, 4) is 0 Å². The van der Waals surface area contributed by atoms with Gasteiger partial charge in [0.05, 0.1) is 16.5 Å². The van der Waals surface area contributed by atoms with Gasteiger partial charge in [0, 0.05) is 32.2 Å². The molecule has 27 heavy (non-hydrogen) atoms. The van der Waals surface area contributed by atoms with Gasteiger partial charge in [-0.15, -0.1) is 0 Å². The number of alkyl halides is 3. The molecule has 150 valence electrons. The number of hydrogen-bond donors (Lipinski definition) is 1. The van der Waals surface area contributed by atoms with Crippen LogP contribution in [-0.2, 0) is 21.0 Å². The van der Waals surface area contributed by atoms with E-state index in [1.807, 2.05) is 4.90 Å². The molecule has 1 saturated heterocycles. The summed E-state index contributed by atoms with van der Waals surface area (Å²) < 4.78 is 66.1. The second-order valence-corrected chi connectivity index (χ2v) is 8.80. The maximum Gasteiger partial charge on any atom is 0.417 e. The van der Waals surface area contributed by atoms with Crippen LogP contribution in [0.3, 0.4) is 0 Å². The Hall–Kier alpha value is -1.65. The molecule has 10 heteroatoms. The summed E-state index contributed by atoms with van der Waals surface area (Å²) in [4.78, 5) is 13.3. The number of amides is 1. The first-order chi connectivity index (χ1) is 12.6. The molecule has 1 aliphatic carbocycles. The van der Waals surface area contributed by atoms with Crippen molar-refractivity contribution in [3.05, 3.63) is 29.8 Å². The highest BCUT2D eigenvalue weighted by molar-refractivity contribution is 7.89. The van der Waals surface area contributed by atoms with Gasteiger partial charge in [0.2, 0.25) is 15.9 Å². The maximum absolute atomic E-state index is 13.2. The number of halogens is 3. The fourth-order valence-corrected chi connectivity index (χ4v) is 4.75. The van der Waals surface area contributed by atoms with Gasteiger partial charge in [-0.2, -0.15) is 17.5 Å². The minimum atomic E-state index is -4.75. The summed E-state index contributed by atoms with van der Waals surface area (Å²) in [5, 5.41) is 2.90. The summed E-state index contributed by atoms with van der Waals surface area (Å²) in [5.41, 5.74) is -1.16. The molecule has 0 bridgehead atoms. The van der Waals surface area contributed by atoms with Crippen molar-refractivity contribution in [2.75, 3.05) is 26.2 Å². The van der Waals surface area contributed by atoms with Crippen molar-refractivity contribution in [1.82, 2.24) is 14.5 Å². The molecule has 3 rings (SSSR count). The molecular formula is C17H22F3N3O3S. The Morgan fingerprint density at radius 1 is 1.15 bits per heavy atom. The Kier molecular flexibility index (Phi) is 5.51. The minimum Gasteiger partial charge on any atom is -0.352 e. The molecule has 0 spiro atoms. The summed E-state index contributed by atoms with van der Waals surface area (Å²) in [6, 6.07) is 4.03. The van der Waals surface area contributed by atoms with E-state index in [2.05, 4.69) is 5.32 Å². The Labute approximate surface area is 156 Å². The lowest BCUT2D eigenvalue weighted by Crippen LogP contribution is -2.55. The molecule has 1 N–H and O–H groups in total. The zero-order chi connectivity index (χ0) is 19.8. The molecule has 1 heterocycles. The first kappa shape index (κ1) is 20.1. The maximum atomic E-state index is 13.2. The zero-order valence-electron chi connectivity index (χ0n) is 14.9. The largest absolute Gasteiger partial charge is 0.417 e. The monoisotopic (exact) mass is 405 g/mol. The summed E-state index contributed by atoms with van der Waals surface area (Å²) in [5.74, 6) is -0.101. The number of benzene rings is 1. The Morgan fingerprint density at radius 2 is 1.74 bits per heavy atom. The number of carbonyl (C=O) groups excluding carboxylic acids is 1. The van der Waals surface area contributed by atoms with Gasteiger partial charge in [-0.3, -0.25) is 9.69 Å². The third kappa shape index (κ3) is 4.44. The molecule has 0 radical (unpaired) electrons. The van der Waals surface area contributed by atoms with Gasteiger partial charge in [-0.05, 0) is 31.9 Å². The standard InChI is InChI=1S/C17H22F3N3O3S/c1-12(16(24)21-13-6-7-13)22-8-10-23(11-9-22)27(25,26)15-5-3-2-4-14(15)17(18,19)20/h2-5,12-13H,6-11H2,1H3,(H,21,24). The smallest absolute Gasteiger partial charge is 0.352 e. The van der Waals surface area contributed by atoms with E-state index in [0.717, 1.165) is 29.3 Å². The number of rotatable bonds is 5. The van der Waals surface area contributed by atoms with Crippen LogP contribution in [0.1, 0.15) is 25.3 Å². The first-order valence-corrected chi connectivity index (χ1v) is 10.3. The van der Waals surface area contributed by atoms with Crippen LogP contribution in [0.25, 0.3) is 0 Å². The van der Waals surface area contributed by atoms with Gasteiger partial charge in [0.25, 0.3) is 0 Å². The van der Waals surface area contributed by atoms with Gasteiger partial charge < -0.3 is 5.32 Å². The lowest BCUT2D eigenvalue weighted by atomic mass is 10.2. The molecule has 6 nitrogen and oxygen atoms in total. The highest BCUT2D eigenvalue weighted by atomic mass is 32.2. The van der Waals surface area contributed by atoms with Crippen molar-refractivity contribution < 1.29 is 26.4 Å². The van der Waals surface area contributed by atoms with Crippen molar-refractivity contribution in [1.29, 1.82) is 0 Å². The Morgan fingerprint density at radius 3 is 2.30 bits per heavy atom. The van der Waals surface area contributed by atoms with Crippen molar-refractivity contribution in [2.45, 2.75) is 42.9 Å². The topological polar surface area (TPSA) is 69.7 Å². The van der Waals surface area contributed by atoms with Crippen LogP contribution in [0, 0.1) is 0 Å². The SMILES string of the molecule is CC(C(=O)NC1CC1)N1CCN(S(=O)(=O)c2ccccc2C(F)(F)F)CC1. The molecule has 1 atom stereocenters. The van der Waals surface area contributed by atoms with E-state index < -0.39 is 32.7 Å². The fraction of sp³-hybridized carbons (Fsp3) is 0.588. The molecule has 2 fully saturated rings. The van der Waals surface area contributed by atoms with Gasteiger partial charge in [-0.1, -0.05) is 12.1 Å². The summed E-state index contributed by atoms with van der Waals surface area (Å²) >= 11 is 0. The summed E-state index contributed by atoms with van der Waals surface area (Å²) in [7, 11) is -4.27. The van der Waals surface area contributed by atoms with E-state index >= 15 is 0 Å². The number of carbonyl (C=O) groups is 1. The molecule has 1 aromatic rings. The molecule has 1 aliphatic heterocycles. The molecule has 2 aliphatic rings. The van der Waals surface area contributed by atoms with E-state index in [1.54, 1.807) is 6.92 Å². The van der Waals surface area contributed by atoms with Crippen LogP contribution < -0.4 is 5.32 Å². The normalized spacial score (nSPS) is 21.0. The predicted octanol–water partition coefficient (Wildman–Crippen LogP) is 1.68. The van der Waals surface area contributed by atoms with Crippen molar-refractivity contribution in [2.24, 2.45) is 0 Å². The van der Waals surface area contributed by atoms with Crippen LogP contribution >= 0.6 is 0 Å². The van der Waals surface area contributed by atoms with E-state index in [1.165, 1.54) is 12.1 Å². The van der Waals surface area contributed by atoms with Gasteiger partial charge >= 0.3 is 6.18 Å². The molecule has 1 aromatic carbocycles. The van der Waals surface area contributed by atoms with Gasteiger partial charge in [0.1, 0.15) is 0 Å². The second-order valence-electron chi connectivity index (χ2n) is 6.89. The molecule has 1 amide bonds. The molecule has 1 unspecified atom stereocenters. The van der Waals surface area contributed by atoms with Crippen LogP contribution in [0.2, 0.25) is 0 Å². The van der Waals surface area contributed by atoms with Crippen molar-refractivity contribution in [3.63, 3.8) is 0 Å². The Bertz CT molecular complexity index is 801. The average Bonchev–Trinajstić information content (AvgIpc) is 3.44. The lowest BCUT2D eigenvalue weighted by molar-refractivity contribution is -0.140. The van der Waals surface area contributed by atoms with Crippen molar-refractivity contribution >= 4 is 15.9 Å². The lowest BCUT2D eigenvalue weighted by Gasteiger charge is -2.37. The minimum absolute atomic E-state index is 0.0373. The van der Waals surface area contributed by atoms with Gasteiger partial charge in [-0.25, -0.2) is 8.42 Å². The Balaban J connectivity index is 1.69. The number of piperazine rings is 1. The van der Waals surface area contributed by atoms with Crippen LogP contribution in [0.4, 0.5) is 13.2 Å². The van der Waals surface area contributed by atoms with E-state index in [9.17, 15) is 26.4 Å². The van der Waals surface area contributed by atoms with Gasteiger partial charge in [0.15, 0.2) is 0 Å². The molecule has 0 aromatic heterocycles. The number of nitrogens with one attached hydrogen (secondary N) is 1. The zero-order valence-corrected chi connectivity index (χ0v) is 15.7. The van der Waals surface area contributed by atoms with E-state index in [0.29, 0.717) is 0 Å². The number of sulfonamides is 1. The van der Waals surface area contributed by atoms with Crippen LogP contribution in [-0.4, -0.2) is 61.8 Å². The van der Waals surface area contributed by atoms with Crippen LogP contribution in [0.15, 0.2) is 29.2 Å². The summed E-state index contributed by atoms with van der Waals surface area (Å²) in [6.07, 6.45) is -2.80. The van der Waals surface area contributed by atoms with E-state index in [4.69, 9.17) is 0 Å². The average molecular weight is 405 g/mol. The first-order valence-electron chi connectivity index (χ1n) is 8.81. The molecule has 1 saturated carbocycles. The predicted molar refractivity (Wildman–Crippen MR) is 92.4 cm³/mol. The van der Waals surface area contributed by atoms with E-state index in [-0.39, 0.29) is 38.1 Å². The van der Waals surface area contributed by atoms with Crippen LogP contribution in [0.5, 0.6) is 0 Å². The third-order valence-electron chi connectivity index (χ3n) is 4.93. The highest BCUT2D eigenvalue weighted by Gasteiger charge is 2.40. The number of nitrogens with zero attached hydrogens (tertiary/aromatic N) is 2. The highest BCUT2D eigenvalue weighted by Crippen LogP contribution is 2.35. The third-order valence-corrected chi connectivity index (χ3v) is 6.89.